The number of rotatable bonds is 5. The quantitative estimate of drug-likeness (QED) is 0.539. The Balaban J connectivity index is 1.53. The number of guanidine groups is 1. The topological polar surface area (TPSA) is 62.5 Å². The highest BCUT2D eigenvalue weighted by Gasteiger charge is 2.08. The summed E-state index contributed by atoms with van der Waals surface area (Å²) in [5.41, 5.74) is 2.28. The molecular formula is C18H19FN4OS. The lowest BCUT2D eigenvalue weighted by molar-refractivity contribution is 0.573. The Morgan fingerprint density at radius 3 is 2.84 bits per heavy atom. The van der Waals surface area contributed by atoms with Crippen molar-refractivity contribution in [3.8, 4) is 10.8 Å². The summed E-state index contributed by atoms with van der Waals surface area (Å²) in [6.07, 6.45) is 1.63. The molecule has 0 aliphatic carbocycles. The van der Waals surface area contributed by atoms with Crippen molar-refractivity contribution in [1.29, 1.82) is 0 Å². The van der Waals surface area contributed by atoms with Crippen LogP contribution in [0.5, 0.6) is 0 Å². The maximum absolute atomic E-state index is 13.6. The number of halogens is 1. The van der Waals surface area contributed by atoms with Crippen molar-refractivity contribution >= 4 is 17.3 Å². The molecule has 0 bridgehead atoms. The van der Waals surface area contributed by atoms with Gasteiger partial charge in [0.2, 0.25) is 5.89 Å². The lowest BCUT2D eigenvalue weighted by atomic mass is 10.1. The number of hydrogen-bond acceptors (Lipinski definition) is 4. The van der Waals surface area contributed by atoms with Crippen LogP contribution in [0, 0.1) is 12.7 Å². The largest absolute Gasteiger partial charge is 0.443 e. The van der Waals surface area contributed by atoms with Gasteiger partial charge < -0.3 is 15.1 Å². The molecule has 0 saturated carbocycles. The van der Waals surface area contributed by atoms with E-state index in [1.165, 1.54) is 6.07 Å². The zero-order valence-electron chi connectivity index (χ0n) is 14.0. The first-order chi connectivity index (χ1) is 12.2. The molecule has 0 atom stereocenters. The molecule has 3 rings (SSSR count). The number of thiophene rings is 1. The predicted octanol–water partition coefficient (Wildman–Crippen LogP) is 3.72. The van der Waals surface area contributed by atoms with Crippen molar-refractivity contribution in [2.75, 3.05) is 7.05 Å². The summed E-state index contributed by atoms with van der Waals surface area (Å²) >= 11 is 1.58. The van der Waals surface area contributed by atoms with Crippen LogP contribution in [0.4, 0.5) is 4.39 Å². The van der Waals surface area contributed by atoms with Crippen LogP contribution in [0.25, 0.3) is 10.8 Å². The molecule has 0 spiro atoms. The minimum absolute atomic E-state index is 0.203. The standard InChI is InChI=1S/C18H19FN4OS/c1-12-5-6-13(8-15(12)19)9-21-18(20-2)22-10-14-11-24-17(23-14)16-4-3-7-25-16/h3-8,11H,9-10H2,1-2H3,(H2,20,21,22). The van der Waals surface area contributed by atoms with Crippen molar-refractivity contribution < 1.29 is 8.81 Å². The van der Waals surface area contributed by atoms with Crippen LogP contribution in [0.3, 0.4) is 0 Å². The first kappa shape index (κ1) is 17.2. The fraction of sp³-hybridized carbons (Fsp3) is 0.222. The van der Waals surface area contributed by atoms with E-state index in [4.69, 9.17) is 4.42 Å². The van der Waals surface area contributed by atoms with E-state index in [1.807, 2.05) is 23.6 Å². The number of benzene rings is 1. The summed E-state index contributed by atoms with van der Waals surface area (Å²) in [6.45, 7) is 2.71. The molecule has 2 heterocycles. The van der Waals surface area contributed by atoms with Gasteiger partial charge in [0.05, 0.1) is 17.1 Å². The van der Waals surface area contributed by atoms with E-state index in [9.17, 15) is 4.39 Å². The normalized spacial score (nSPS) is 11.6. The van der Waals surface area contributed by atoms with Crippen LogP contribution in [0.15, 0.2) is 51.4 Å². The van der Waals surface area contributed by atoms with E-state index in [0.29, 0.717) is 30.5 Å². The first-order valence-corrected chi connectivity index (χ1v) is 8.71. The minimum Gasteiger partial charge on any atom is -0.443 e. The average Bonchev–Trinajstić information content (AvgIpc) is 3.29. The van der Waals surface area contributed by atoms with Gasteiger partial charge in [-0.05, 0) is 35.6 Å². The molecule has 0 radical (unpaired) electrons. The van der Waals surface area contributed by atoms with Crippen LogP contribution in [0.1, 0.15) is 16.8 Å². The Labute approximate surface area is 149 Å². The molecule has 0 amide bonds. The minimum atomic E-state index is -0.203. The molecule has 2 aromatic heterocycles. The van der Waals surface area contributed by atoms with E-state index in [0.717, 1.165) is 16.1 Å². The van der Waals surface area contributed by atoms with Gasteiger partial charge in [0.25, 0.3) is 0 Å². The van der Waals surface area contributed by atoms with Gasteiger partial charge in [-0.2, -0.15) is 0 Å². The Morgan fingerprint density at radius 1 is 1.28 bits per heavy atom. The molecule has 130 valence electrons. The molecule has 0 unspecified atom stereocenters. The Hall–Kier alpha value is -2.67. The van der Waals surface area contributed by atoms with Gasteiger partial charge >= 0.3 is 0 Å². The van der Waals surface area contributed by atoms with Gasteiger partial charge in [-0.25, -0.2) is 9.37 Å². The van der Waals surface area contributed by atoms with Gasteiger partial charge in [-0.15, -0.1) is 11.3 Å². The van der Waals surface area contributed by atoms with Crippen molar-refractivity contribution in [3.05, 3.63) is 64.6 Å². The Bertz CT molecular complexity index is 858. The first-order valence-electron chi connectivity index (χ1n) is 7.83. The van der Waals surface area contributed by atoms with E-state index in [-0.39, 0.29) is 5.82 Å². The van der Waals surface area contributed by atoms with Crippen LogP contribution < -0.4 is 10.6 Å². The number of nitrogens with zero attached hydrogens (tertiary/aromatic N) is 2. The molecule has 3 aromatic rings. The monoisotopic (exact) mass is 358 g/mol. The summed E-state index contributed by atoms with van der Waals surface area (Å²) in [5.74, 6) is 1.03. The van der Waals surface area contributed by atoms with Crippen molar-refractivity contribution in [2.24, 2.45) is 4.99 Å². The highest BCUT2D eigenvalue weighted by atomic mass is 32.1. The van der Waals surface area contributed by atoms with Crippen LogP contribution in [-0.2, 0) is 13.1 Å². The van der Waals surface area contributed by atoms with Gasteiger partial charge in [-0.1, -0.05) is 18.2 Å². The van der Waals surface area contributed by atoms with Crippen LogP contribution in [-0.4, -0.2) is 18.0 Å². The maximum atomic E-state index is 13.6. The molecule has 7 heteroatoms. The molecule has 0 aliphatic heterocycles. The smallest absolute Gasteiger partial charge is 0.236 e. The van der Waals surface area contributed by atoms with Crippen LogP contribution >= 0.6 is 11.3 Å². The third kappa shape index (κ3) is 4.45. The number of hydrogen-bond donors (Lipinski definition) is 2. The Morgan fingerprint density at radius 2 is 2.12 bits per heavy atom. The second-order valence-electron chi connectivity index (χ2n) is 5.48. The Kier molecular flexibility index (Phi) is 5.45. The molecule has 0 fully saturated rings. The molecule has 0 aliphatic rings. The van der Waals surface area contributed by atoms with Gasteiger partial charge in [0.15, 0.2) is 5.96 Å². The van der Waals surface area contributed by atoms with Gasteiger partial charge in [0.1, 0.15) is 12.1 Å². The van der Waals surface area contributed by atoms with Gasteiger partial charge in [-0.3, -0.25) is 4.99 Å². The highest BCUT2D eigenvalue weighted by Crippen LogP contribution is 2.23. The molecular weight excluding hydrogens is 339 g/mol. The van der Waals surface area contributed by atoms with E-state index in [1.54, 1.807) is 37.6 Å². The summed E-state index contributed by atoms with van der Waals surface area (Å²) < 4.78 is 19.1. The molecule has 1 aromatic carbocycles. The number of aromatic nitrogens is 1. The second kappa shape index (κ2) is 7.94. The summed E-state index contributed by atoms with van der Waals surface area (Å²) in [5, 5.41) is 8.30. The molecule has 2 N–H and O–H groups in total. The SMILES string of the molecule is CN=C(NCc1ccc(C)c(F)c1)NCc1coc(-c2cccs2)n1. The van der Waals surface area contributed by atoms with Gasteiger partial charge in [0, 0.05) is 13.6 Å². The van der Waals surface area contributed by atoms with Crippen LogP contribution in [0.2, 0.25) is 0 Å². The lowest BCUT2D eigenvalue weighted by Gasteiger charge is -2.11. The van der Waals surface area contributed by atoms with Crippen molar-refractivity contribution in [2.45, 2.75) is 20.0 Å². The molecule has 25 heavy (non-hydrogen) atoms. The fourth-order valence-corrected chi connectivity index (χ4v) is 2.88. The third-order valence-corrected chi connectivity index (χ3v) is 4.50. The third-order valence-electron chi connectivity index (χ3n) is 3.64. The zero-order chi connectivity index (χ0) is 17.6. The second-order valence-corrected chi connectivity index (χ2v) is 6.43. The van der Waals surface area contributed by atoms with Crippen molar-refractivity contribution in [1.82, 2.24) is 15.6 Å². The zero-order valence-corrected chi connectivity index (χ0v) is 14.9. The summed E-state index contributed by atoms with van der Waals surface area (Å²) in [7, 11) is 1.69. The number of aryl methyl sites for hydroxylation is 1. The molecule has 5 nitrogen and oxygen atoms in total. The number of aliphatic imine (C=N–C) groups is 1. The summed E-state index contributed by atoms with van der Waals surface area (Å²) in [6, 6.07) is 9.12. The lowest BCUT2D eigenvalue weighted by Crippen LogP contribution is -2.36. The maximum Gasteiger partial charge on any atom is 0.236 e. The predicted molar refractivity (Wildman–Crippen MR) is 98.0 cm³/mol. The fourth-order valence-electron chi connectivity index (χ4n) is 2.23. The summed E-state index contributed by atoms with van der Waals surface area (Å²) in [4.78, 5) is 9.60. The van der Waals surface area contributed by atoms with E-state index < -0.39 is 0 Å². The number of nitrogens with one attached hydrogen (secondary N) is 2. The van der Waals surface area contributed by atoms with E-state index >= 15 is 0 Å². The van der Waals surface area contributed by atoms with Crippen molar-refractivity contribution in [3.63, 3.8) is 0 Å². The molecule has 0 saturated heterocycles. The van der Waals surface area contributed by atoms with E-state index in [2.05, 4.69) is 20.6 Å². The highest BCUT2D eigenvalue weighted by molar-refractivity contribution is 7.13. The average molecular weight is 358 g/mol. The number of oxazole rings is 1.